The molecule has 0 saturated heterocycles. The Kier molecular flexibility index (Phi) is 7.98. The molecule has 0 amide bonds. The molecule has 0 N–H and O–H groups in total. The molecular weight excluding hydrogens is 300 g/mol. The van der Waals surface area contributed by atoms with E-state index in [1.54, 1.807) is 0 Å². The minimum Gasteiger partial charge on any atom is -0.412 e. The maximum Gasteiger partial charge on any atom is 0.218 e. The third-order valence-corrected chi connectivity index (χ3v) is 6.93. The van der Waals surface area contributed by atoms with Gasteiger partial charge in [0.15, 0.2) is 0 Å². The number of hydrogen-bond donors (Lipinski definition) is 0. The summed E-state index contributed by atoms with van der Waals surface area (Å²) < 4.78 is 12.2. The maximum absolute atomic E-state index is 6.59. The Morgan fingerprint density at radius 3 is 1.87 bits per heavy atom. The number of benzene rings is 1. The molecular formula is C20H36O2Si. The zero-order valence-electron chi connectivity index (χ0n) is 16.2. The molecule has 23 heavy (non-hydrogen) atoms. The Balaban J connectivity index is 2.90. The van der Waals surface area contributed by atoms with Crippen molar-refractivity contribution in [2.75, 3.05) is 20.3 Å². The predicted octanol–water partition coefficient (Wildman–Crippen LogP) is 4.84. The fourth-order valence-electron chi connectivity index (χ4n) is 3.66. The van der Waals surface area contributed by atoms with Crippen LogP contribution in [0.25, 0.3) is 0 Å². The molecule has 3 heteroatoms. The van der Waals surface area contributed by atoms with Gasteiger partial charge in [-0.15, -0.1) is 0 Å². The molecule has 1 rings (SSSR count). The highest BCUT2D eigenvalue weighted by Gasteiger charge is 2.36. The highest BCUT2D eigenvalue weighted by molar-refractivity contribution is 6.84. The summed E-state index contributed by atoms with van der Waals surface area (Å²) in [7, 11) is -0.0612. The molecule has 0 aromatic heterocycles. The van der Waals surface area contributed by atoms with E-state index in [-0.39, 0.29) is 5.41 Å². The van der Waals surface area contributed by atoms with E-state index < -0.39 is 8.32 Å². The fourth-order valence-corrected chi connectivity index (χ4v) is 5.48. The summed E-state index contributed by atoms with van der Waals surface area (Å²) in [5.74, 6) is 1.29. The van der Waals surface area contributed by atoms with E-state index in [0.717, 1.165) is 26.1 Å². The lowest BCUT2D eigenvalue weighted by molar-refractivity contribution is 0.00604. The highest BCUT2D eigenvalue weighted by Crippen LogP contribution is 2.35. The molecule has 0 atom stereocenters. The fraction of sp³-hybridized carbons (Fsp3) is 0.700. The van der Waals surface area contributed by atoms with Crippen molar-refractivity contribution in [3.63, 3.8) is 0 Å². The van der Waals surface area contributed by atoms with E-state index in [2.05, 4.69) is 71.1 Å². The van der Waals surface area contributed by atoms with Gasteiger partial charge in [0.2, 0.25) is 8.32 Å². The van der Waals surface area contributed by atoms with Crippen LogP contribution in [0, 0.1) is 17.3 Å². The average molecular weight is 337 g/mol. The summed E-state index contributed by atoms with van der Waals surface area (Å²) in [6.45, 7) is 15.4. The van der Waals surface area contributed by atoms with Crippen molar-refractivity contribution < 1.29 is 9.16 Å². The van der Waals surface area contributed by atoms with Gasteiger partial charge in [0.25, 0.3) is 0 Å². The molecule has 132 valence electrons. The number of rotatable bonds is 10. The van der Waals surface area contributed by atoms with Crippen LogP contribution in [-0.2, 0) is 9.16 Å². The van der Waals surface area contributed by atoms with Gasteiger partial charge >= 0.3 is 0 Å². The highest BCUT2D eigenvalue weighted by atomic mass is 28.4. The van der Waals surface area contributed by atoms with Crippen molar-refractivity contribution >= 4 is 13.5 Å². The predicted molar refractivity (Wildman–Crippen MR) is 103 cm³/mol. The van der Waals surface area contributed by atoms with Crippen LogP contribution in [0.15, 0.2) is 30.3 Å². The Morgan fingerprint density at radius 2 is 1.43 bits per heavy atom. The summed E-state index contributed by atoms with van der Waals surface area (Å²) in [5, 5.41) is 1.36. The average Bonchev–Trinajstić information content (AvgIpc) is 2.45. The van der Waals surface area contributed by atoms with Gasteiger partial charge in [-0.05, 0) is 43.0 Å². The van der Waals surface area contributed by atoms with Crippen molar-refractivity contribution in [1.29, 1.82) is 0 Å². The Hall–Kier alpha value is -0.643. The zero-order valence-corrected chi connectivity index (χ0v) is 17.2. The monoisotopic (exact) mass is 336 g/mol. The van der Waals surface area contributed by atoms with Crippen LogP contribution in [0.3, 0.4) is 0 Å². The summed E-state index contributed by atoms with van der Waals surface area (Å²) in [4.78, 5) is 0. The van der Waals surface area contributed by atoms with Crippen molar-refractivity contribution in [2.45, 2.75) is 53.6 Å². The second-order valence-electron chi connectivity index (χ2n) is 8.29. The first-order valence-electron chi connectivity index (χ1n) is 8.89. The first kappa shape index (κ1) is 20.4. The van der Waals surface area contributed by atoms with Gasteiger partial charge in [0, 0.05) is 19.1 Å². The minimum atomic E-state index is -1.88. The molecule has 2 nitrogen and oxygen atoms in total. The van der Waals surface area contributed by atoms with Crippen molar-refractivity contribution in [2.24, 2.45) is 17.3 Å². The van der Waals surface area contributed by atoms with Crippen molar-refractivity contribution in [3.05, 3.63) is 30.3 Å². The van der Waals surface area contributed by atoms with Gasteiger partial charge in [-0.1, -0.05) is 58.0 Å². The third-order valence-electron chi connectivity index (χ3n) is 4.34. The van der Waals surface area contributed by atoms with Gasteiger partial charge in [0.1, 0.15) is 0 Å². The lowest BCUT2D eigenvalue weighted by Gasteiger charge is -2.39. The second-order valence-corrected chi connectivity index (χ2v) is 12.2. The number of methoxy groups -OCH3 is 1. The molecule has 1 aromatic carbocycles. The molecule has 1 aromatic rings. The molecule has 0 spiro atoms. The molecule has 0 bridgehead atoms. The molecule has 0 fully saturated rings. The summed E-state index contributed by atoms with van der Waals surface area (Å²) >= 11 is 0. The van der Waals surface area contributed by atoms with E-state index in [1.807, 2.05) is 7.11 Å². The first-order valence-corrected chi connectivity index (χ1v) is 11.8. The summed E-state index contributed by atoms with van der Waals surface area (Å²) in [6, 6.07) is 10.7. The lowest BCUT2D eigenvalue weighted by Crippen LogP contribution is -2.48. The molecule has 0 heterocycles. The summed E-state index contributed by atoms with van der Waals surface area (Å²) in [5.41, 5.74) is 0.121. The lowest BCUT2D eigenvalue weighted by atomic mass is 9.75. The van der Waals surface area contributed by atoms with Gasteiger partial charge < -0.3 is 9.16 Å². The van der Waals surface area contributed by atoms with Crippen LogP contribution in [-0.4, -0.2) is 28.6 Å². The van der Waals surface area contributed by atoms with E-state index in [4.69, 9.17) is 9.16 Å². The maximum atomic E-state index is 6.59. The number of ether oxygens (including phenoxy) is 1. The van der Waals surface area contributed by atoms with Gasteiger partial charge in [-0.2, -0.15) is 0 Å². The number of hydrogen-bond acceptors (Lipinski definition) is 2. The normalized spacial score (nSPS) is 13.1. The van der Waals surface area contributed by atoms with E-state index >= 15 is 0 Å². The summed E-state index contributed by atoms with van der Waals surface area (Å²) in [6.07, 6.45) is 2.30. The first-order chi connectivity index (χ1) is 10.7. The van der Waals surface area contributed by atoms with Crippen LogP contribution in [0.1, 0.15) is 40.5 Å². The smallest absolute Gasteiger partial charge is 0.218 e. The van der Waals surface area contributed by atoms with Gasteiger partial charge in [-0.3, -0.25) is 0 Å². The molecule has 0 saturated carbocycles. The van der Waals surface area contributed by atoms with Crippen LogP contribution in [0.4, 0.5) is 0 Å². The largest absolute Gasteiger partial charge is 0.412 e. The van der Waals surface area contributed by atoms with Crippen LogP contribution >= 0.6 is 0 Å². The van der Waals surface area contributed by atoms with Crippen molar-refractivity contribution in [3.8, 4) is 0 Å². The molecule has 0 unspecified atom stereocenters. The topological polar surface area (TPSA) is 18.5 Å². The molecule has 0 radical (unpaired) electrons. The van der Waals surface area contributed by atoms with Crippen LogP contribution in [0.2, 0.25) is 13.1 Å². The van der Waals surface area contributed by atoms with E-state index in [9.17, 15) is 0 Å². The van der Waals surface area contributed by atoms with Crippen LogP contribution in [0.5, 0.6) is 0 Å². The Labute approximate surface area is 144 Å². The Morgan fingerprint density at radius 1 is 0.913 bits per heavy atom. The standard InChI is InChI=1S/C20H36O2Si/c1-17(2)13-20(15-21-5,14-18(3)4)16-22-23(6,7)19-11-9-8-10-12-19/h8-12,17-18H,13-16H2,1-7H3. The molecule has 0 aliphatic rings. The van der Waals surface area contributed by atoms with Gasteiger partial charge in [0.05, 0.1) is 6.61 Å². The third kappa shape index (κ3) is 6.78. The Bertz CT molecular complexity index is 430. The quantitative estimate of drug-likeness (QED) is 0.569. The van der Waals surface area contributed by atoms with E-state index in [0.29, 0.717) is 11.8 Å². The minimum absolute atomic E-state index is 0.121. The molecule has 0 aliphatic heterocycles. The van der Waals surface area contributed by atoms with Crippen molar-refractivity contribution in [1.82, 2.24) is 0 Å². The molecule has 0 aliphatic carbocycles. The van der Waals surface area contributed by atoms with Crippen LogP contribution < -0.4 is 5.19 Å². The van der Waals surface area contributed by atoms with E-state index in [1.165, 1.54) is 5.19 Å². The SMILES string of the molecule is COCC(CO[Si](C)(C)c1ccccc1)(CC(C)C)CC(C)C. The second kappa shape index (κ2) is 9.00. The van der Waals surface area contributed by atoms with Gasteiger partial charge in [-0.25, -0.2) is 0 Å². The zero-order chi connectivity index (χ0) is 17.5.